The number of amides is 1. The monoisotopic (exact) mass is 669 g/mol. The Kier molecular flexibility index (Phi) is 7.88. The first-order valence-electron chi connectivity index (χ1n) is 16.3. The molecule has 11 nitrogen and oxygen atoms in total. The van der Waals surface area contributed by atoms with Gasteiger partial charge in [0.2, 0.25) is 0 Å². The Balaban J connectivity index is 1.40. The molecule has 4 N–H and O–H groups in total. The topological polar surface area (TPSA) is 143 Å². The number of likely N-dealkylation sites (N-methyl/N-ethyl adjacent to an activating group) is 1. The van der Waals surface area contributed by atoms with Crippen molar-refractivity contribution in [1.29, 1.82) is 5.26 Å². The lowest BCUT2D eigenvalue weighted by atomic mass is 9.70. The molecule has 49 heavy (non-hydrogen) atoms. The second kappa shape index (κ2) is 11.9. The largest absolute Gasteiger partial charge is 0.504 e. The number of aromatic nitrogens is 1. The van der Waals surface area contributed by atoms with Gasteiger partial charge in [0, 0.05) is 51.8 Å². The van der Waals surface area contributed by atoms with Crippen LogP contribution in [0.25, 0.3) is 10.9 Å². The molecule has 0 aliphatic carbocycles. The molecule has 0 saturated carbocycles. The number of carbonyl (C=O) groups excluding carboxylic acids is 1. The summed E-state index contributed by atoms with van der Waals surface area (Å²) in [5.41, 5.74) is 6.40. The molecule has 5 atom stereocenters. The van der Waals surface area contributed by atoms with E-state index < -0.39 is 23.8 Å². The summed E-state index contributed by atoms with van der Waals surface area (Å²) in [6.07, 6.45) is 0.890. The quantitative estimate of drug-likeness (QED) is 0.226. The maximum atomic E-state index is 13.9. The molecule has 3 aliphatic heterocycles. The van der Waals surface area contributed by atoms with Crippen LogP contribution in [0.1, 0.15) is 61.5 Å². The van der Waals surface area contributed by atoms with E-state index in [0.29, 0.717) is 46.4 Å². The molecule has 4 heterocycles. The lowest BCUT2D eigenvalue weighted by Gasteiger charge is -2.60. The smallest absolute Gasteiger partial charge is 0.267 e. The molecule has 3 aliphatic rings. The van der Waals surface area contributed by atoms with Gasteiger partial charge in [0.1, 0.15) is 23.3 Å². The van der Waals surface area contributed by atoms with Gasteiger partial charge < -0.3 is 34.7 Å². The first-order valence-corrected chi connectivity index (χ1v) is 16.3. The van der Waals surface area contributed by atoms with E-state index in [-0.39, 0.29) is 47.6 Å². The minimum absolute atomic E-state index is 0.0193. The van der Waals surface area contributed by atoms with Gasteiger partial charge in [-0.3, -0.25) is 14.6 Å². The number of hydrogen-bond acceptors (Lipinski definition) is 9. The van der Waals surface area contributed by atoms with Crippen LogP contribution in [0.3, 0.4) is 0 Å². The highest BCUT2D eigenvalue weighted by atomic mass is 19.1. The fourth-order valence-electron chi connectivity index (χ4n) is 8.86. The molecule has 1 amide bonds. The Hall–Kier alpha value is -4.99. The molecule has 3 aromatic carbocycles. The molecule has 12 heteroatoms. The van der Waals surface area contributed by atoms with Crippen LogP contribution < -0.4 is 19.5 Å². The van der Waals surface area contributed by atoms with Crippen LogP contribution in [-0.4, -0.2) is 84.0 Å². The number of benzene rings is 3. The molecule has 256 valence electrons. The third-order valence-corrected chi connectivity index (χ3v) is 11.1. The Labute approximate surface area is 283 Å². The minimum atomic E-state index is -0.691. The zero-order chi connectivity index (χ0) is 35.0. The van der Waals surface area contributed by atoms with Crippen molar-refractivity contribution in [2.75, 3.05) is 34.9 Å². The number of ether oxygens (including phenoxy) is 3. The fraction of sp³-hybridized carbons (Fsp3) is 0.405. The number of aromatic hydroxyl groups is 2. The summed E-state index contributed by atoms with van der Waals surface area (Å²) < 4.78 is 31.3. The highest BCUT2D eigenvalue weighted by Gasteiger charge is 2.56. The van der Waals surface area contributed by atoms with E-state index in [1.165, 1.54) is 19.2 Å². The van der Waals surface area contributed by atoms with Crippen LogP contribution in [0.4, 0.5) is 4.39 Å². The summed E-state index contributed by atoms with van der Waals surface area (Å²) in [6.45, 7) is 5.80. The van der Waals surface area contributed by atoms with Crippen molar-refractivity contribution in [3.8, 4) is 34.8 Å². The van der Waals surface area contributed by atoms with Crippen molar-refractivity contribution in [3.05, 3.63) is 74.7 Å². The summed E-state index contributed by atoms with van der Waals surface area (Å²) in [6, 6.07) is 6.09. The Morgan fingerprint density at radius 2 is 1.61 bits per heavy atom. The first-order chi connectivity index (χ1) is 23.5. The van der Waals surface area contributed by atoms with Crippen LogP contribution in [0.5, 0.6) is 28.7 Å². The van der Waals surface area contributed by atoms with Gasteiger partial charge in [0.25, 0.3) is 5.91 Å². The predicted octanol–water partition coefficient (Wildman–Crippen LogP) is 4.87. The van der Waals surface area contributed by atoms with Gasteiger partial charge in [-0.2, -0.15) is 5.26 Å². The average Bonchev–Trinajstić information content (AvgIpc) is 3.50. The SMILES string of the molecule is COc1c(C)c(C)c2c(c1O)[C@@H]1[C@@H]3Cc4c(OC)c(C)c(OC)c(O)c4[C@H](CNC(=O)c4cc5cc(F)ccc5[nH]4)N3[C@@H](C#N)[C@H](C2)N1C. The molecule has 7 rings (SSSR count). The van der Waals surface area contributed by atoms with Crippen molar-refractivity contribution < 1.29 is 33.6 Å². The number of rotatable bonds is 6. The third kappa shape index (κ3) is 4.63. The molecule has 2 bridgehead atoms. The van der Waals surface area contributed by atoms with Crippen molar-refractivity contribution in [1.82, 2.24) is 20.1 Å². The molecule has 1 fully saturated rings. The van der Waals surface area contributed by atoms with E-state index in [2.05, 4.69) is 26.2 Å². The zero-order valence-electron chi connectivity index (χ0n) is 28.6. The maximum Gasteiger partial charge on any atom is 0.267 e. The van der Waals surface area contributed by atoms with Crippen molar-refractivity contribution in [2.45, 2.75) is 63.8 Å². The maximum absolute atomic E-state index is 13.9. The molecular weight excluding hydrogens is 629 g/mol. The summed E-state index contributed by atoms with van der Waals surface area (Å²) in [5.74, 6) is 0.401. The van der Waals surface area contributed by atoms with Gasteiger partial charge in [-0.25, -0.2) is 4.39 Å². The Morgan fingerprint density at radius 1 is 0.959 bits per heavy atom. The highest BCUT2D eigenvalue weighted by Crippen LogP contribution is 2.57. The summed E-state index contributed by atoms with van der Waals surface area (Å²) in [7, 11) is 6.58. The Bertz CT molecular complexity index is 2070. The number of H-pyrrole nitrogens is 1. The van der Waals surface area contributed by atoms with Crippen LogP contribution in [0.2, 0.25) is 0 Å². The number of aromatic amines is 1. The lowest BCUT2D eigenvalue weighted by molar-refractivity contribution is -0.0723. The normalized spacial score (nSPS) is 22.9. The number of nitrogens with zero attached hydrogens (tertiary/aromatic N) is 3. The molecule has 0 radical (unpaired) electrons. The number of carbonyl (C=O) groups is 1. The molecule has 4 aromatic rings. The predicted molar refractivity (Wildman–Crippen MR) is 180 cm³/mol. The number of fused-ring (bicyclic) bond motifs is 8. The van der Waals surface area contributed by atoms with Gasteiger partial charge >= 0.3 is 0 Å². The molecule has 1 aromatic heterocycles. The van der Waals surface area contributed by atoms with E-state index in [1.807, 2.05) is 27.8 Å². The van der Waals surface area contributed by atoms with E-state index >= 15 is 0 Å². The number of nitriles is 1. The van der Waals surface area contributed by atoms with E-state index in [4.69, 9.17) is 14.2 Å². The number of phenolic OH excluding ortho intramolecular Hbond substituents is 2. The minimum Gasteiger partial charge on any atom is -0.504 e. The Morgan fingerprint density at radius 3 is 2.29 bits per heavy atom. The van der Waals surface area contributed by atoms with Gasteiger partial charge in [-0.05, 0) is 81.6 Å². The van der Waals surface area contributed by atoms with Crippen LogP contribution in [0, 0.1) is 37.9 Å². The van der Waals surface area contributed by atoms with E-state index in [9.17, 15) is 24.7 Å². The summed E-state index contributed by atoms with van der Waals surface area (Å²) in [5, 5.41) is 38.1. The van der Waals surface area contributed by atoms with Gasteiger partial charge in [-0.1, -0.05) is 0 Å². The molecular formula is C37H40FN5O6. The summed E-state index contributed by atoms with van der Waals surface area (Å²) >= 11 is 0. The van der Waals surface area contributed by atoms with Crippen LogP contribution in [0.15, 0.2) is 24.3 Å². The number of phenols is 2. The third-order valence-electron chi connectivity index (χ3n) is 11.1. The highest BCUT2D eigenvalue weighted by molar-refractivity contribution is 5.98. The van der Waals surface area contributed by atoms with Crippen LogP contribution >= 0.6 is 0 Å². The van der Waals surface area contributed by atoms with E-state index in [0.717, 1.165) is 27.8 Å². The molecule has 0 unspecified atom stereocenters. The average molecular weight is 670 g/mol. The van der Waals surface area contributed by atoms with Gasteiger partial charge in [-0.15, -0.1) is 0 Å². The lowest BCUT2D eigenvalue weighted by Crippen LogP contribution is -2.68. The fourth-order valence-corrected chi connectivity index (χ4v) is 8.86. The summed E-state index contributed by atoms with van der Waals surface area (Å²) in [4.78, 5) is 21.0. The van der Waals surface area contributed by atoms with Gasteiger partial charge in [0.15, 0.2) is 23.0 Å². The molecule has 0 spiro atoms. The standard InChI is InChI=1S/C37H40FN5O6/c1-16-17(2)35(48-6)33(45)30-21(16)12-25-27(14-39)43-26(31(30)42(25)4)13-22-29(32(44)36(49-7)18(3)34(22)47-5)28(43)15-40-37(46)24-11-19-10-20(38)8-9-23(19)41-24/h8-11,25-28,31,41,44-45H,12-13,15H2,1-7H3,(H,40,46)/t25-,26-,27-,28-,31-/m0/s1. The second-order valence-corrected chi connectivity index (χ2v) is 13.3. The number of hydrogen-bond donors (Lipinski definition) is 4. The second-order valence-electron chi connectivity index (χ2n) is 13.3. The number of methoxy groups -OCH3 is 3. The van der Waals surface area contributed by atoms with Crippen molar-refractivity contribution >= 4 is 16.8 Å². The van der Waals surface area contributed by atoms with Crippen molar-refractivity contribution in [2.24, 2.45) is 0 Å². The van der Waals surface area contributed by atoms with E-state index in [1.54, 1.807) is 26.4 Å². The number of piperazine rings is 1. The number of nitrogens with one attached hydrogen (secondary N) is 2. The van der Waals surface area contributed by atoms with Crippen LogP contribution in [-0.2, 0) is 12.8 Å². The van der Waals surface area contributed by atoms with Gasteiger partial charge in [0.05, 0.1) is 39.5 Å². The molecule has 1 saturated heterocycles. The first kappa shape index (κ1) is 32.6. The van der Waals surface area contributed by atoms with Crippen molar-refractivity contribution in [3.63, 3.8) is 0 Å². The number of halogens is 1. The zero-order valence-corrected chi connectivity index (χ0v) is 28.6.